The van der Waals surface area contributed by atoms with Crippen LogP contribution in [0, 0.1) is 0 Å². The lowest BCUT2D eigenvalue weighted by Gasteiger charge is -2.07. The zero-order chi connectivity index (χ0) is 38.9. The second-order valence-corrected chi connectivity index (χ2v) is 13.2. The van der Waals surface area contributed by atoms with Crippen molar-refractivity contribution in [2.24, 2.45) is 0 Å². The average molecular weight is 753 g/mol. The lowest BCUT2D eigenvalue weighted by Crippen LogP contribution is -2.28. The van der Waals surface area contributed by atoms with Crippen LogP contribution in [0.2, 0.25) is 0 Å². The van der Waals surface area contributed by atoms with E-state index in [1.165, 1.54) is 64.2 Å². The van der Waals surface area contributed by atoms with E-state index in [9.17, 15) is 28.8 Å². The number of amides is 2. The fraction of sp³-hybridized carbons (Fsp3) is 0.571. The number of benzene rings is 2. The minimum absolute atomic E-state index is 0.208. The van der Waals surface area contributed by atoms with Gasteiger partial charge in [-0.3, -0.25) is 9.59 Å². The van der Waals surface area contributed by atoms with E-state index >= 15 is 0 Å². The van der Waals surface area contributed by atoms with Gasteiger partial charge in [-0.1, -0.05) is 126 Å². The zero-order valence-electron chi connectivity index (χ0n) is 31.8. The smallest absolute Gasteiger partial charge is 0.415 e. The number of esters is 4. The molecule has 0 aliphatic heterocycles. The summed E-state index contributed by atoms with van der Waals surface area (Å²) in [4.78, 5) is 70.9. The molecule has 0 saturated heterocycles. The van der Waals surface area contributed by atoms with Crippen LogP contribution in [-0.4, -0.2) is 62.4 Å². The maximum atomic E-state index is 11.9. The van der Waals surface area contributed by atoms with Gasteiger partial charge in [-0.05, 0) is 49.9 Å². The first-order valence-corrected chi connectivity index (χ1v) is 19.8. The summed E-state index contributed by atoms with van der Waals surface area (Å²) in [6.45, 7) is 0.903. The van der Waals surface area contributed by atoms with Crippen molar-refractivity contribution in [2.75, 3.05) is 26.3 Å². The molecule has 0 radical (unpaired) electrons. The van der Waals surface area contributed by atoms with E-state index in [4.69, 9.17) is 18.9 Å². The number of carbonyl (C=O) groups is 6. The first kappa shape index (κ1) is 45.4. The van der Waals surface area contributed by atoms with E-state index in [1.54, 1.807) is 60.7 Å². The molecule has 2 aromatic carbocycles. The number of nitrogens with one attached hydrogen (secondary N) is 2. The van der Waals surface area contributed by atoms with Gasteiger partial charge in [-0.15, -0.1) is 0 Å². The van der Waals surface area contributed by atoms with Crippen LogP contribution in [0.25, 0.3) is 0 Å². The number of unbranched alkanes of at least 4 members (excludes halogenated alkanes) is 15. The molecule has 2 N–H and O–H groups in total. The lowest BCUT2D eigenvalue weighted by atomic mass is 10.0. The third-order valence-electron chi connectivity index (χ3n) is 8.61. The highest BCUT2D eigenvalue weighted by atomic mass is 16.6. The molecule has 0 atom stereocenters. The normalized spacial score (nSPS) is 10.6. The van der Waals surface area contributed by atoms with Crippen molar-refractivity contribution in [3.63, 3.8) is 0 Å². The molecular weight excluding hydrogens is 692 g/mol. The molecule has 298 valence electrons. The van der Waals surface area contributed by atoms with Crippen LogP contribution in [0.1, 0.15) is 149 Å². The van der Waals surface area contributed by atoms with Crippen LogP contribution < -0.4 is 10.6 Å². The third kappa shape index (κ3) is 24.5. The number of carbonyl (C=O) groups excluding carboxylic acids is 6. The Kier molecular flexibility index (Phi) is 25.8. The van der Waals surface area contributed by atoms with Gasteiger partial charge in [-0.25, -0.2) is 19.2 Å². The van der Waals surface area contributed by atoms with E-state index in [0.29, 0.717) is 36.8 Å². The molecule has 0 aromatic heterocycles. The van der Waals surface area contributed by atoms with Crippen molar-refractivity contribution in [2.45, 2.75) is 128 Å². The molecule has 0 spiro atoms. The fourth-order valence-electron chi connectivity index (χ4n) is 5.56. The molecule has 0 heterocycles. The second-order valence-electron chi connectivity index (χ2n) is 13.2. The van der Waals surface area contributed by atoms with E-state index in [0.717, 1.165) is 38.5 Å². The first-order chi connectivity index (χ1) is 26.3. The monoisotopic (exact) mass is 752 g/mol. The molecule has 0 fully saturated rings. The highest BCUT2D eigenvalue weighted by Crippen LogP contribution is 2.15. The summed E-state index contributed by atoms with van der Waals surface area (Å²) in [6.07, 6.45) is 18.4. The third-order valence-corrected chi connectivity index (χ3v) is 8.61. The van der Waals surface area contributed by atoms with Crippen molar-refractivity contribution >= 4 is 36.1 Å². The van der Waals surface area contributed by atoms with Gasteiger partial charge in [0, 0.05) is 25.9 Å². The summed E-state index contributed by atoms with van der Waals surface area (Å²) in [5, 5.41) is 4.96. The van der Waals surface area contributed by atoms with Gasteiger partial charge < -0.3 is 29.6 Å². The molecule has 2 rings (SSSR count). The Morgan fingerprint density at radius 1 is 0.389 bits per heavy atom. The predicted molar refractivity (Wildman–Crippen MR) is 205 cm³/mol. The number of hydrogen-bond donors (Lipinski definition) is 2. The van der Waals surface area contributed by atoms with Gasteiger partial charge >= 0.3 is 36.1 Å². The topological polar surface area (TPSA) is 163 Å². The van der Waals surface area contributed by atoms with E-state index in [-0.39, 0.29) is 38.2 Å². The zero-order valence-corrected chi connectivity index (χ0v) is 31.8. The first-order valence-electron chi connectivity index (χ1n) is 19.8. The average Bonchev–Trinajstić information content (AvgIpc) is 3.17. The molecule has 2 aromatic rings. The second kappa shape index (κ2) is 30.7. The highest BCUT2D eigenvalue weighted by molar-refractivity contribution is 5.96. The molecule has 0 unspecified atom stereocenters. The minimum Gasteiger partial charge on any atom is -0.466 e. The minimum atomic E-state index is -0.824. The molecule has 0 aliphatic rings. The fourth-order valence-corrected chi connectivity index (χ4v) is 5.56. The summed E-state index contributed by atoms with van der Waals surface area (Å²) in [5.41, 5.74) is 0.595. The van der Waals surface area contributed by atoms with Gasteiger partial charge in [0.2, 0.25) is 0 Å². The number of hydrogen-bond acceptors (Lipinski definition) is 10. The summed E-state index contributed by atoms with van der Waals surface area (Å²) in [5.74, 6) is -1.88. The largest absolute Gasteiger partial charge is 0.466 e. The van der Waals surface area contributed by atoms with Crippen LogP contribution in [0.5, 0.6) is 0 Å². The summed E-state index contributed by atoms with van der Waals surface area (Å²) < 4.78 is 19.9. The Morgan fingerprint density at radius 3 is 1.00 bits per heavy atom. The number of rotatable bonds is 29. The van der Waals surface area contributed by atoms with E-state index in [2.05, 4.69) is 10.6 Å². The summed E-state index contributed by atoms with van der Waals surface area (Å²) in [7, 11) is 0. The molecule has 2 amide bonds. The predicted octanol–water partition coefficient (Wildman–Crippen LogP) is 9.01. The standard InChI is InChI=1S/C42H60N2O10/c45-37(51-33-23-31-43-41(49)53-39(47)35-25-17-15-18-26-35)29-21-13-11-9-7-5-3-1-2-4-6-8-10-12-14-22-30-38(46)52-34-24-32-44-42(50)54-40(48)36-27-19-16-20-28-36/h15-20,25-28H,1-14,21-24,29-34H2,(H,43,49)(H,44,50). The van der Waals surface area contributed by atoms with Crippen molar-refractivity contribution in [1.29, 1.82) is 0 Å². The Hall–Kier alpha value is -4.74. The van der Waals surface area contributed by atoms with Gasteiger partial charge in [0.25, 0.3) is 0 Å². The van der Waals surface area contributed by atoms with Crippen LogP contribution in [0.3, 0.4) is 0 Å². The van der Waals surface area contributed by atoms with Crippen molar-refractivity contribution < 1.29 is 47.7 Å². The molecular formula is C42H60N2O10. The maximum absolute atomic E-state index is 11.9. The quantitative estimate of drug-likeness (QED) is 0.0355. The van der Waals surface area contributed by atoms with Gasteiger partial charge in [0.15, 0.2) is 0 Å². The van der Waals surface area contributed by atoms with Crippen LogP contribution >= 0.6 is 0 Å². The molecule has 0 saturated carbocycles. The van der Waals surface area contributed by atoms with E-state index in [1.807, 2.05) is 0 Å². The molecule has 0 bridgehead atoms. The number of ether oxygens (including phenoxy) is 4. The van der Waals surface area contributed by atoms with Crippen molar-refractivity contribution in [1.82, 2.24) is 10.6 Å². The Morgan fingerprint density at radius 2 is 0.685 bits per heavy atom. The molecule has 12 nitrogen and oxygen atoms in total. The molecule has 54 heavy (non-hydrogen) atoms. The van der Waals surface area contributed by atoms with Crippen molar-refractivity contribution in [3.05, 3.63) is 71.8 Å². The van der Waals surface area contributed by atoms with Gasteiger partial charge in [-0.2, -0.15) is 0 Å². The Labute approximate surface area is 320 Å². The number of alkyl carbamates (subject to hydrolysis) is 2. The van der Waals surface area contributed by atoms with Crippen molar-refractivity contribution in [3.8, 4) is 0 Å². The van der Waals surface area contributed by atoms with Crippen LogP contribution in [0.15, 0.2) is 60.7 Å². The highest BCUT2D eigenvalue weighted by Gasteiger charge is 2.13. The maximum Gasteiger partial charge on any atom is 0.415 e. The van der Waals surface area contributed by atoms with Crippen LogP contribution in [-0.2, 0) is 28.5 Å². The van der Waals surface area contributed by atoms with Crippen LogP contribution in [0.4, 0.5) is 9.59 Å². The summed E-state index contributed by atoms with van der Waals surface area (Å²) >= 11 is 0. The van der Waals surface area contributed by atoms with E-state index < -0.39 is 24.1 Å². The Bertz CT molecular complexity index is 1250. The summed E-state index contributed by atoms with van der Waals surface area (Å²) in [6, 6.07) is 16.5. The lowest BCUT2D eigenvalue weighted by molar-refractivity contribution is -0.144. The molecule has 0 aliphatic carbocycles. The SMILES string of the molecule is O=C(CCCCCCCCCCCCCCCCCCC(=O)OCCCNC(=O)OC(=O)c1ccccc1)OCCCNC(=O)OC(=O)c1ccccc1. The van der Waals surface area contributed by atoms with Gasteiger partial charge in [0.1, 0.15) is 0 Å². The van der Waals surface area contributed by atoms with Gasteiger partial charge in [0.05, 0.1) is 24.3 Å². The Balaban J connectivity index is 1.24. The molecule has 12 heteroatoms.